The molecule has 0 saturated heterocycles. The van der Waals surface area contributed by atoms with E-state index in [-0.39, 0.29) is 30.6 Å². The first-order valence-electron chi connectivity index (χ1n) is 7.37. The highest BCUT2D eigenvalue weighted by Gasteiger charge is 2.20. The van der Waals surface area contributed by atoms with Crippen molar-refractivity contribution >= 4 is 17.9 Å². The van der Waals surface area contributed by atoms with Gasteiger partial charge in [0.25, 0.3) is 0 Å². The number of oxazole rings is 1. The van der Waals surface area contributed by atoms with Gasteiger partial charge >= 0.3 is 12.0 Å². The number of nitrogens with zero attached hydrogens (tertiary/aromatic N) is 2. The highest BCUT2D eigenvalue weighted by atomic mass is 16.5. The minimum Gasteiger partial charge on any atom is -0.461 e. The van der Waals surface area contributed by atoms with Crippen molar-refractivity contribution < 1.29 is 18.7 Å². The number of esters is 1. The Balaban J connectivity index is 2.07. The summed E-state index contributed by atoms with van der Waals surface area (Å²) >= 11 is 0. The van der Waals surface area contributed by atoms with Crippen LogP contribution in [0.2, 0.25) is 0 Å². The van der Waals surface area contributed by atoms with Crippen molar-refractivity contribution in [2.45, 2.75) is 27.2 Å². The van der Waals surface area contributed by atoms with Crippen LogP contribution in [-0.2, 0) is 16.0 Å². The Morgan fingerprint density at radius 2 is 2.00 bits per heavy atom. The summed E-state index contributed by atoms with van der Waals surface area (Å²) in [6, 6.07) is 5.97. The molecule has 0 fully saturated rings. The number of carbonyl (C=O) groups is 2. The molecule has 0 bridgehead atoms. The van der Waals surface area contributed by atoms with E-state index in [0.717, 1.165) is 11.1 Å². The number of hydrogen-bond donors (Lipinski definition) is 0. The average molecular weight is 316 g/mol. The van der Waals surface area contributed by atoms with E-state index in [1.165, 1.54) is 16.7 Å². The summed E-state index contributed by atoms with van der Waals surface area (Å²) in [6.45, 7) is 5.99. The van der Waals surface area contributed by atoms with Crippen LogP contribution in [-0.4, -0.2) is 30.5 Å². The van der Waals surface area contributed by atoms with Gasteiger partial charge in [0.2, 0.25) is 5.91 Å². The zero-order valence-corrected chi connectivity index (χ0v) is 13.8. The summed E-state index contributed by atoms with van der Waals surface area (Å²) < 4.78 is 10.0. The molecular weight excluding hydrogens is 296 g/mol. The molecule has 23 heavy (non-hydrogen) atoms. The third-order valence-electron chi connectivity index (χ3n) is 3.56. The molecule has 6 nitrogen and oxygen atoms in total. The van der Waals surface area contributed by atoms with E-state index < -0.39 is 5.97 Å². The molecule has 0 aliphatic rings. The molecule has 0 aliphatic heterocycles. The summed E-state index contributed by atoms with van der Waals surface area (Å²) in [4.78, 5) is 29.2. The Hall–Kier alpha value is -2.63. The molecule has 0 spiro atoms. The maximum Gasteiger partial charge on any atom is 0.360 e. The van der Waals surface area contributed by atoms with E-state index >= 15 is 0 Å². The fraction of sp³-hybridized carbons (Fsp3) is 0.353. The Kier molecular flexibility index (Phi) is 5.16. The summed E-state index contributed by atoms with van der Waals surface area (Å²) in [6.07, 6.45) is 1.42. The number of rotatable bonds is 5. The number of ether oxygens (including phenoxy) is 1. The van der Waals surface area contributed by atoms with Gasteiger partial charge in [0.15, 0.2) is 5.69 Å². The summed E-state index contributed by atoms with van der Waals surface area (Å²) in [5, 5.41) is 0. The van der Waals surface area contributed by atoms with Crippen molar-refractivity contribution in [1.29, 1.82) is 0 Å². The second-order valence-electron chi connectivity index (χ2n) is 5.28. The molecule has 0 saturated carbocycles. The second kappa shape index (κ2) is 7.09. The number of likely N-dealkylation sites (N-methyl/N-ethyl adjacent to an activating group) is 1. The van der Waals surface area contributed by atoms with Crippen molar-refractivity contribution in [3.63, 3.8) is 0 Å². The Morgan fingerprint density at radius 3 is 2.65 bits per heavy atom. The minimum atomic E-state index is -0.572. The van der Waals surface area contributed by atoms with E-state index in [0.29, 0.717) is 0 Å². The van der Waals surface area contributed by atoms with Gasteiger partial charge in [-0.05, 0) is 37.5 Å². The van der Waals surface area contributed by atoms with Gasteiger partial charge in [-0.1, -0.05) is 18.2 Å². The lowest BCUT2D eigenvalue weighted by Gasteiger charge is -2.13. The number of anilines is 1. The number of hydrogen-bond acceptors (Lipinski definition) is 5. The fourth-order valence-electron chi connectivity index (χ4n) is 2.03. The molecule has 1 aromatic carbocycles. The Bertz CT molecular complexity index is 721. The van der Waals surface area contributed by atoms with E-state index in [1.807, 2.05) is 32.0 Å². The first-order valence-corrected chi connectivity index (χ1v) is 7.37. The highest BCUT2D eigenvalue weighted by molar-refractivity contribution is 5.93. The lowest BCUT2D eigenvalue weighted by molar-refractivity contribution is -0.117. The van der Waals surface area contributed by atoms with E-state index in [1.54, 1.807) is 14.0 Å². The Labute approximate surface area is 135 Å². The van der Waals surface area contributed by atoms with Crippen molar-refractivity contribution in [3.05, 3.63) is 46.8 Å². The first-order chi connectivity index (χ1) is 10.9. The van der Waals surface area contributed by atoms with Gasteiger partial charge in [0, 0.05) is 7.05 Å². The molecular formula is C17H20N2O4. The van der Waals surface area contributed by atoms with Gasteiger partial charge in [-0.3, -0.25) is 9.69 Å². The van der Waals surface area contributed by atoms with Crippen LogP contribution in [0.1, 0.15) is 34.1 Å². The number of benzene rings is 1. The van der Waals surface area contributed by atoms with Gasteiger partial charge in [-0.15, -0.1) is 0 Å². The number of aromatic nitrogens is 1. The monoisotopic (exact) mass is 316 g/mol. The predicted molar refractivity (Wildman–Crippen MR) is 85.5 cm³/mol. The quantitative estimate of drug-likeness (QED) is 0.793. The van der Waals surface area contributed by atoms with Gasteiger partial charge < -0.3 is 9.15 Å². The molecule has 1 aromatic heterocycles. The topological polar surface area (TPSA) is 72.6 Å². The van der Waals surface area contributed by atoms with Crippen LogP contribution in [0.3, 0.4) is 0 Å². The van der Waals surface area contributed by atoms with Crippen LogP contribution in [0.15, 0.2) is 28.9 Å². The minimum absolute atomic E-state index is 0.0488. The molecule has 6 heteroatoms. The van der Waals surface area contributed by atoms with Crippen molar-refractivity contribution in [2.75, 3.05) is 18.6 Å². The third kappa shape index (κ3) is 3.97. The van der Waals surface area contributed by atoms with Crippen molar-refractivity contribution in [2.24, 2.45) is 0 Å². The van der Waals surface area contributed by atoms with Crippen LogP contribution in [0, 0.1) is 13.8 Å². The summed E-state index contributed by atoms with van der Waals surface area (Å²) in [7, 11) is 1.56. The van der Waals surface area contributed by atoms with E-state index in [2.05, 4.69) is 4.98 Å². The average Bonchev–Trinajstić information content (AvgIpc) is 3.00. The lowest BCUT2D eigenvalue weighted by atomic mass is 10.0. The van der Waals surface area contributed by atoms with Crippen molar-refractivity contribution in [3.8, 4) is 0 Å². The zero-order valence-electron chi connectivity index (χ0n) is 13.8. The largest absolute Gasteiger partial charge is 0.461 e. The van der Waals surface area contributed by atoms with Gasteiger partial charge in [-0.25, -0.2) is 4.79 Å². The molecule has 1 heterocycles. The summed E-state index contributed by atoms with van der Waals surface area (Å²) in [5.74, 6) is -0.747. The van der Waals surface area contributed by atoms with Crippen LogP contribution >= 0.6 is 0 Å². The maximum atomic E-state index is 12.3. The highest BCUT2D eigenvalue weighted by Crippen LogP contribution is 2.16. The SMILES string of the molecule is CCOC(=O)c1coc(N(C)C(=O)Cc2ccc(C)c(C)c2)n1. The Morgan fingerprint density at radius 1 is 1.26 bits per heavy atom. The molecule has 0 aliphatic carbocycles. The number of carbonyl (C=O) groups excluding carboxylic acids is 2. The molecule has 0 N–H and O–H groups in total. The molecule has 122 valence electrons. The number of amides is 1. The van der Waals surface area contributed by atoms with E-state index in [9.17, 15) is 9.59 Å². The number of aryl methyl sites for hydroxylation is 2. The molecule has 0 atom stereocenters. The normalized spacial score (nSPS) is 10.4. The first kappa shape index (κ1) is 16.7. The molecule has 1 amide bonds. The lowest BCUT2D eigenvalue weighted by Crippen LogP contribution is -2.28. The molecule has 2 aromatic rings. The smallest absolute Gasteiger partial charge is 0.360 e. The zero-order chi connectivity index (χ0) is 17.0. The molecule has 0 radical (unpaired) electrons. The van der Waals surface area contributed by atoms with Crippen LogP contribution in [0.25, 0.3) is 0 Å². The van der Waals surface area contributed by atoms with E-state index in [4.69, 9.17) is 9.15 Å². The summed E-state index contributed by atoms with van der Waals surface area (Å²) in [5.41, 5.74) is 3.29. The van der Waals surface area contributed by atoms with Gasteiger partial charge in [-0.2, -0.15) is 4.98 Å². The molecule has 2 rings (SSSR count). The second-order valence-corrected chi connectivity index (χ2v) is 5.28. The van der Waals surface area contributed by atoms with Gasteiger partial charge in [0.1, 0.15) is 6.26 Å². The van der Waals surface area contributed by atoms with Gasteiger partial charge in [0.05, 0.1) is 13.0 Å². The standard InChI is InChI=1S/C17H20N2O4/c1-5-22-16(21)14-10-23-17(18-14)19(4)15(20)9-13-7-6-11(2)12(3)8-13/h6-8,10H,5,9H2,1-4H3. The fourth-order valence-corrected chi connectivity index (χ4v) is 2.03. The van der Waals surface area contributed by atoms with Crippen LogP contribution in [0.5, 0.6) is 0 Å². The molecule has 0 unspecified atom stereocenters. The third-order valence-corrected chi connectivity index (χ3v) is 3.56. The predicted octanol–water partition coefficient (Wildman–Crippen LogP) is 2.67. The van der Waals surface area contributed by atoms with Crippen LogP contribution in [0.4, 0.5) is 6.01 Å². The maximum absolute atomic E-state index is 12.3. The van der Waals surface area contributed by atoms with Crippen LogP contribution < -0.4 is 4.90 Å². The van der Waals surface area contributed by atoms with Crippen molar-refractivity contribution in [1.82, 2.24) is 4.98 Å².